The lowest BCUT2D eigenvalue weighted by molar-refractivity contribution is -0.00693. The van der Waals surface area contributed by atoms with E-state index in [-0.39, 0.29) is 11.3 Å². The molecule has 0 aromatic heterocycles. The Morgan fingerprint density at radius 1 is 1.32 bits per heavy atom. The van der Waals surface area contributed by atoms with Crippen LogP contribution in [-0.4, -0.2) is 36.8 Å². The van der Waals surface area contributed by atoms with Crippen LogP contribution in [0.3, 0.4) is 0 Å². The molecule has 1 aliphatic rings. The normalized spacial score (nSPS) is 19.7. The summed E-state index contributed by atoms with van der Waals surface area (Å²) in [4.78, 5) is 2.03. The number of nitrogens with zero attached hydrogens (tertiary/aromatic N) is 1. The van der Waals surface area contributed by atoms with Gasteiger partial charge >= 0.3 is 0 Å². The molecule has 1 aromatic carbocycles. The third-order valence-corrected chi connectivity index (χ3v) is 4.38. The molecule has 0 radical (unpaired) electrons. The number of methoxy groups -OCH3 is 1. The average Bonchev–Trinajstić information content (AvgIpc) is 2.89. The van der Waals surface area contributed by atoms with Gasteiger partial charge in [-0.15, -0.1) is 0 Å². The molecule has 4 heteroatoms. The summed E-state index contributed by atoms with van der Waals surface area (Å²) < 4.78 is 19.3. The van der Waals surface area contributed by atoms with E-state index in [1.54, 1.807) is 18.2 Å². The first-order valence-corrected chi connectivity index (χ1v) is 6.71. The van der Waals surface area contributed by atoms with Gasteiger partial charge in [0.2, 0.25) is 0 Å². The second kappa shape index (κ2) is 5.47. The highest BCUT2D eigenvalue weighted by Gasteiger charge is 2.44. The van der Waals surface area contributed by atoms with Crippen molar-refractivity contribution in [3.8, 4) is 5.75 Å². The Morgan fingerprint density at radius 3 is 2.47 bits per heavy atom. The number of ether oxygens (including phenoxy) is 1. The Bertz CT molecular complexity index is 442. The minimum Gasteiger partial charge on any atom is -0.494 e. The zero-order valence-electron chi connectivity index (χ0n) is 11.8. The van der Waals surface area contributed by atoms with E-state index in [0.717, 1.165) is 25.7 Å². The van der Waals surface area contributed by atoms with Crippen LogP contribution in [0.1, 0.15) is 37.4 Å². The lowest BCUT2D eigenvalue weighted by Crippen LogP contribution is -2.47. The fraction of sp³-hybridized carbons (Fsp3) is 0.600. The van der Waals surface area contributed by atoms with Crippen molar-refractivity contribution in [3.05, 3.63) is 29.6 Å². The standard InChI is InChI=1S/C15H22FNO2/c1-17(2)15(9-4-5-10-15)14(18)11-7-6-8-12(19-3)13(11)16/h6-8,14,18H,4-5,9-10H2,1-3H3. The van der Waals surface area contributed by atoms with E-state index in [9.17, 15) is 9.50 Å². The highest BCUT2D eigenvalue weighted by Crippen LogP contribution is 2.44. The molecule has 0 spiro atoms. The average molecular weight is 267 g/mol. The first kappa shape index (κ1) is 14.3. The number of halogens is 1. The van der Waals surface area contributed by atoms with Gasteiger partial charge in [0.25, 0.3) is 0 Å². The molecule has 1 aliphatic carbocycles. The molecule has 1 aromatic rings. The van der Waals surface area contributed by atoms with Gasteiger partial charge in [-0.1, -0.05) is 25.0 Å². The van der Waals surface area contributed by atoms with Crippen LogP contribution in [0.25, 0.3) is 0 Å². The van der Waals surface area contributed by atoms with Crippen LogP contribution in [0.4, 0.5) is 4.39 Å². The second-order valence-corrected chi connectivity index (χ2v) is 5.47. The lowest BCUT2D eigenvalue weighted by atomic mass is 9.84. The van der Waals surface area contributed by atoms with Crippen molar-refractivity contribution in [2.75, 3.05) is 21.2 Å². The maximum Gasteiger partial charge on any atom is 0.170 e. The largest absolute Gasteiger partial charge is 0.494 e. The minimum absolute atomic E-state index is 0.184. The fourth-order valence-electron chi connectivity index (χ4n) is 3.14. The molecule has 1 unspecified atom stereocenters. The Kier molecular flexibility index (Phi) is 4.11. The van der Waals surface area contributed by atoms with Crippen molar-refractivity contribution in [3.63, 3.8) is 0 Å². The van der Waals surface area contributed by atoms with Crippen molar-refractivity contribution in [2.45, 2.75) is 37.3 Å². The molecular formula is C15H22FNO2. The Morgan fingerprint density at radius 2 is 1.95 bits per heavy atom. The van der Waals surface area contributed by atoms with E-state index >= 15 is 0 Å². The van der Waals surface area contributed by atoms with E-state index in [0.29, 0.717) is 5.56 Å². The van der Waals surface area contributed by atoms with Crippen LogP contribution >= 0.6 is 0 Å². The summed E-state index contributed by atoms with van der Waals surface area (Å²) in [6, 6.07) is 4.94. The van der Waals surface area contributed by atoms with Gasteiger partial charge in [-0.25, -0.2) is 4.39 Å². The van der Waals surface area contributed by atoms with Gasteiger partial charge in [0.05, 0.1) is 12.6 Å². The first-order valence-electron chi connectivity index (χ1n) is 6.71. The zero-order chi connectivity index (χ0) is 14.0. The lowest BCUT2D eigenvalue weighted by Gasteiger charge is -2.40. The molecule has 0 aliphatic heterocycles. The molecule has 0 amide bonds. The predicted octanol–water partition coefficient (Wildman–Crippen LogP) is 2.74. The van der Waals surface area contributed by atoms with Crippen molar-refractivity contribution < 1.29 is 14.2 Å². The molecule has 1 fully saturated rings. The van der Waals surface area contributed by atoms with E-state index in [4.69, 9.17) is 4.74 Å². The molecule has 1 saturated carbocycles. The minimum atomic E-state index is -0.833. The molecule has 0 bridgehead atoms. The molecule has 106 valence electrons. The Labute approximate surface area is 114 Å². The number of hydrogen-bond acceptors (Lipinski definition) is 3. The second-order valence-electron chi connectivity index (χ2n) is 5.47. The Balaban J connectivity index is 2.40. The third-order valence-electron chi connectivity index (χ3n) is 4.38. The summed E-state index contributed by atoms with van der Waals surface area (Å²) in [6.45, 7) is 0. The maximum absolute atomic E-state index is 14.3. The number of likely N-dealkylation sites (N-methyl/N-ethyl adjacent to an activating group) is 1. The van der Waals surface area contributed by atoms with Crippen LogP contribution in [0.5, 0.6) is 5.75 Å². The third kappa shape index (κ3) is 2.35. The van der Waals surface area contributed by atoms with Gasteiger partial charge in [-0.05, 0) is 33.0 Å². The van der Waals surface area contributed by atoms with Crippen molar-refractivity contribution in [1.82, 2.24) is 4.90 Å². The topological polar surface area (TPSA) is 32.7 Å². The van der Waals surface area contributed by atoms with Crippen LogP contribution in [0, 0.1) is 5.82 Å². The molecule has 0 saturated heterocycles. The van der Waals surface area contributed by atoms with Crippen LogP contribution < -0.4 is 4.74 Å². The number of hydrogen-bond donors (Lipinski definition) is 1. The molecule has 3 nitrogen and oxygen atoms in total. The zero-order valence-corrected chi connectivity index (χ0v) is 11.8. The molecular weight excluding hydrogens is 245 g/mol. The van der Waals surface area contributed by atoms with Crippen LogP contribution in [-0.2, 0) is 0 Å². The number of aliphatic hydroxyl groups is 1. The van der Waals surface area contributed by atoms with Gasteiger partial charge < -0.3 is 14.7 Å². The number of benzene rings is 1. The summed E-state index contributed by atoms with van der Waals surface area (Å²) in [5.41, 5.74) is -0.0392. The van der Waals surface area contributed by atoms with Gasteiger partial charge in [0.15, 0.2) is 11.6 Å². The van der Waals surface area contributed by atoms with Crippen LogP contribution in [0.2, 0.25) is 0 Å². The smallest absolute Gasteiger partial charge is 0.170 e. The monoisotopic (exact) mass is 267 g/mol. The molecule has 1 N–H and O–H groups in total. The molecule has 19 heavy (non-hydrogen) atoms. The summed E-state index contributed by atoms with van der Waals surface area (Å²) in [6.07, 6.45) is 3.08. The highest BCUT2D eigenvalue weighted by atomic mass is 19.1. The number of aliphatic hydroxyl groups excluding tert-OH is 1. The quantitative estimate of drug-likeness (QED) is 0.910. The van der Waals surface area contributed by atoms with Crippen molar-refractivity contribution in [1.29, 1.82) is 0 Å². The van der Waals surface area contributed by atoms with Gasteiger partial charge in [0, 0.05) is 5.56 Å². The SMILES string of the molecule is COc1cccc(C(O)C2(N(C)C)CCCC2)c1F. The van der Waals surface area contributed by atoms with E-state index in [2.05, 4.69) is 0 Å². The predicted molar refractivity (Wildman–Crippen MR) is 72.8 cm³/mol. The van der Waals surface area contributed by atoms with E-state index in [1.165, 1.54) is 7.11 Å². The van der Waals surface area contributed by atoms with Gasteiger partial charge in [-0.3, -0.25) is 0 Å². The maximum atomic E-state index is 14.3. The summed E-state index contributed by atoms with van der Waals surface area (Å²) >= 11 is 0. The van der Waals surface area contributed by atoms with E-state index < -0.39 is 11.9 Å². The molecule has 1 atom stereocenters. The van der Waals surface area contributed by atoms with Crippen molar-refractivity contribution in [2.24, 2.45) is 0 Å². The molecule has 2 rings (SSSR count). The summed E-state index contributed by atoms with van der Waals surface area (Å²) in [5.74, 6) is -0.269. The molecule has 0 heterocycles. The fourth-order valence-corrected chi connectivity index (χ4v) is 3.14. The van der Waals surface area contributed by atoms with Gasteiger partial charge in [-0.2, -0.15) is 0 Å². The summed E-state index contributed by atoms with van der Waals surface area (Å²) in [5, 5.41) is 10.7. The Hall–Kier alpha value is -1.13. The van der Waals surface area contributed by atoms with E-state index in [1.807, 2.05) is 19.0 Å². The van der Waals surface area contributed by atoms with Crippen molar-refractivity contribution >= 4 is 0 Å². The van der Waals surface area contributed by atoms with Gasteiger partial charge in [0.1, 0.15) is 6.10 Å². The first-order chi connectivity index (χ1) is 9.03. The number of rotatable bonds is 4. The summed E-state index contributed by atoms with van der Waals surface area (Å²) in [7, 11) is 5.34. The van der Waals surface area contributed by atoms with Crippen LogP contribution in [0.15, 0.2) is 18.2 Å². The highest BCUT2D eigenvalue weighted by molar-refractivity contribution is 5.34.